The van der Waals surface area contributed by atoms with Crippen LogP contribution < -0.4 is 14.9 Å². The van der Waals surface area contributed by atoms with E-state index in [-0.39, 0.29) is 11.4 Å². The fourth-order valence-corrected chi connectivity index (χ4v) is 3.88. The number of anilines is 1. The topological polar surface area (TPSA) is 98.9 Å². The van der Waals surface area contributed by atoms with Crippen molar-refractivity contribution in [2.75, 3.05) is 18.6 Å². The summed E-state index contributed by atoms with van der Waals surface area (Å²) >= 11 is 3.05. The molecule has 0 unspecified atom stereocenters. The molecule has 0 aliphatic carbocycles. The Balaban J connectivity index is 1.79. The van der Waals surface area contributed by atoms with Crippen LogP contribution in [0, 0.1) is 10.1 Å². The molecular formula is C19H20N4O4S2. The highest BCUT2D eigenvalue weighted by Gasteiger charge is 2.22. The molecule has 0 radical (unpaired) electrons. The SMILES string of the molecule is CCCOc1c(OCC)cc(/C=N\Nc2nc(-c3cccs3)cs2)cc1[N+](=O)[O-]. The largest absolute Gasteiger partial charge is 0.490 e. The van der Waals surface area contributed by atoms with Crippen molar-refractivity contribution in [3.8, 4) is 22.1 Å². The van der Waals surface area contributed by atoms with Gasteiger partial charge in [0.1, 0.15) is 0 Å². The lowest BCUT2D eigenvalue weighted by Gasteiger charge is -2.12. The average molecular weight is 433 g/mol. The zero-order valence-corrected chi connectivity index (χ0v) is 17.6. The van der Waals surface area contributed by atoms with E-state index in [2.05, 4.69) is 15.5 Å². The minimum atomic E-state index is -0.480. The van der Waals surface area contributed by atoms with Crippen molar-refractivity contribution in [2.24, 2.45) is 5.10 Å². The second-order valence-corrected chi connectivity index (χ2v) is 7.60. The van der Waals surface area contributed by atoms with Crippen molar-refractivity contribution in [1.82, 2.24) is 4.98 Å². The van der Waals surface area contributed by atoms with Gasteiger partial charge >= 0.3 is 5.69 Å². The maximum Gasteiger partial charge on any atom is 0.315 e. The molecule has 0 aliphatic rings. The van der Waals surface area contributed by atoms with Crippen molar-refractivity contribution >= 4 is 39.7 Å². The molecule has 0 atom stereocenters. The number of rotatable bonds is 10. The summed E-state index contributed by atoms with van der Waals surface area (Å²) in [7, 11) is 0. The van der Waals surface area contributed by atoms with Crippen molar-refractivity contribution in [1.29, 1.82) is 0 Å². The molecule has 1 aromatic carbocycles. The molecule has 29 heavy (non-hydrogen) atoms. The summed E-state index contributed by atoms with van der Waals surface area (Å²) in [5.74, 6) is 0.468. The number of hydrazone groups is 1. The van der Waals surface area contributed by atoms with Crippen LogP contribution in [-0.4, -0.2) is 29.3 Å². The number of nitro groups is 1. The second kappa shape index (κ2) is 9.99. The van der Waals surface area contributed by atoms with Crippen LogP contribution in [-0.2, 0) is 0 Å². The summed E-state index contributed by atoms with van der Waals surface area (Å²) in [5.41, 5.74) is 4.12. The van der Waals surface area contributed by atoms with Gasteiger partial charge in [-0.05, 0) is 30.9 Å². The van der Waals surface area contributed by atoms with Gasteiger partial charge in [0, 0.05) is 17.0 Å². The molecule has 8 nitrogen and oxygen atoms in total. The lowest BCUT2D eigenvalue weighted by Crippen LogP contribution is -2.04. The Morgan fingerprint density at radius 2 is 2.17 bits per heavy atom. The van der Waals surface area contributed by atoms with Gasteiger partial charge in [0.15, 0.2) is 5.75 Å². The molecule has 2 heterocycles. The molecule has 0 saturated heterocycles. The standard InChI is InChI=1S/C19H20N4O4S2/c1-3-7-27-18-15(23(24)25)9-13(10-16(18)26-4-2)11-20-22-19-21-14(12-29-19)17-6-5-8-28-17/h5-6,8-12H,3-4,7H2,1-2H3,(H,21,22)/b20-11-. The summed E-state index contributed by atoms with van der Waals surface area (Å²) in [6, 6.07) is 7.06. The maximum atomic E-state index is 11.5. The van der Waals surface area contributed by atoms with Gasteiger partial charge < -0.3 is 9.47 Å². The molecule has 1 N–H and O–H groups in total. The first-order valence-corrected chi connectivity index (χ1v) is 10.7. The number of thiazole rings is 1. The second-order valence-electron chi connectivity index (χ2n) is 5.79. The van der Waals surface area contributed by atoms with Gasteiger partial charge in [-0.15, -0.1) is 22.7 Å². The van der Waals surface area contributed by atoms with Gasteiger partial charge in [-0.1, -0.05) is 13.0 Å². The Labute approximate surface area is 176 Å². The van der Waals surface area contributed by atoms with E-state index in [4.69, 9.17) is 9.47 Å². The van der Waals surface area contributed by atoms with Crippen molar-refractivity contribution in [3.63, 3.8) is 0 Å². The van der Waals surface area contributed by atoms with E-state index in [1.165, 1.54) is 23.6 Å². The number of hydrogen-bond donors (Lipinski definition) is 1. The predicted molar refractivity (Wildman–Crippen MR) is 117 cm³/mol. The first-order chi connectivity index (χ1) is 14.1. The molecule has 0 aliphatic heterocycles. The predicted octanol–water partition coefficient (Wildman–Crippen LogP) is 5.41. The summed E-state index contributed by atoms with van der Waals surface area (Å²) in [5, 5.41) is 20.2. The number of thiophene rings is 1. The van der Waals surface area contributed by atoms with E-state index < -0.39 is 4.92 Å². The molecule has 0 spiro atoms. The van der Waals surface area contributed by atoms with Crippen LogP contribution in [0.3, 0.4) is 0 Å². The van der Waals surface area contributed by atoms with Crippen molar-refractivity contribution in [3.05, 3.63) is 50.7 Å². The minimum absolute atomic E-state index is 0.143. The quantitative estimate of drug-likeness (QED) is 0.261. The van der Waals surface area contributed by atoms with Gasteiger partial charge in [-0.3, -0.25) is 15.5 Å². The lowest BCUT2D eigenvalue weighted by atomic mass is 10.2. The molecule has 0 bridgehead atoms. The summed E-state index contributed by atoms with van der Waals surface area (Å²) in [6.45, 7) is 4.47. The third kappa shape index (κ3) is 5.30. The molecule has 10 heteroatoms. The van der Waals surface area contributed by atoms with Gasteiger partial charge in [0.2, 0.25) is 10.9 Å². The molecule has 0 fully saturated rings. The van der Waals surface area contributed by atoms with E-state index in [1.54, 1.807) is 17.4 Å². The Morgan fingerprint density at radius 1 is 1.31 bits per heavy atom. The van der Waals surface area contributed by atoms with Crippen LogP contribution in [0.1, 0.15) is 25.8 Å². The normalized spacial score (nSPS) is 11.0. The van der Waals surface area contributed by atoms with Crippen LogP contribution in [0.2, 0.25) is 0 Å². The Hall–Kier alpha value is -2.98. The van der Waals surface area contributed by atoms with Gasteiger partial charge in [0.05, 0.1) is 34.9 Å². The van der Waals surface area contributed by atoms with Crippen LogP contribution in [0.5, 0.6) is 11.5 Å². The molecule has 152 valence electrons. The molecule has 2 aromatic heterocycles. The summed E-state index contributed by atoms with van der Waals surface area (Å²) < 4.78 is 11.1. The highest BCUT2D eigenvalue weighted by molar-refractivity contribution is 7.15. The first-order valence-electron chi connectivity index (χ1n) is 8.98. The third-order valence-corrected chi connectivity index (χ3v) is 5.30. The minimum Gasteiger partial charge on any atom is -0.490 e. The molecule has 3 rings (SSSR count). The fraction of sp³-hybridized carbons (Fsp3) is 0.263. The molecule has 0 saturated carbocycles. The summed E-state index contributed by atoms with van der Waals surface area (Å²) in [4.78, 5) is 16.6. The van der Waals surface area contributed by atoms with Crippen molar-refractivity contribution < 1.29 is 14.4 Å². The van der Waals surface area contributed by atoms with Gasteiger partial charge in [-0.25, -0.2) is 4.98 Å². The van der Waals surface area contributed by atoms with Crippen LogP contribution in [0.4, 0.5) is 10.8 Å². The zero-order chi connectivity index (χ0) is 20.6. The monoisotopic (exact) mass is 432 g/mol. The average Bonchev–Trinajstić information content (AvgIpc) is 3.39. The number of aromatic nitrogens is 1. The molecule has 0 amide bonds. The van der Waals surface area contributed by atoms with E-state index >= 15 is 0 Å². The van der Waals surface area contributed by atoms with E-state index in [0.717, 1.165) is 17.0 Å². The molecular weight excluding hydrogens is 412 g/mol. The number of nitrogens with zero attached hydrogens (tertiary/aromatic N) is 3. The third-order valence-electron chi connectivity index (χ3n) is 3.66. The van der Waals surface area contributed by atoms with E-state index in [0.29, 0.717) is 29.7 Å². The van der Waals surface area contributed by atoms with Crippen LogP contribution in [0.25, 0.3) is 10.6 Å². The molecule has 3 aromatic rings. The smallest absolute Gasteiger partial charge is 0.315 e. The zero-order valence-electron chi connectivity index (χ0n) is 16.0. The lowest BCUT2D eigenvalue weighted by molar-refractivity contribution is -0.386. The number of nitro benzene ring substituents is 1. The Bertz CT molecular complexity index is 986. The van der Waals surface area contributed by atoms with Crippen LogP contribution >= 0.6 is 22.7 Å². The number of nitrogens with one attached hydrogen (secondary N) is 1. The van der Waals surface area contributed by atoms with Crippen LogP contribution in [0.15, 0.2) is 40.1 Å². The number of hydrogen-bond acceptors (Lipinski definition) is 9. The van der Waals surface area contributed by atoms with Crippen molar-refractivity contribution in [2.45, 2.75) is 20.3 Å². The Kier molecular flexibility index (Phi) is 7.14. The first kappa shape index (κ1) is 20.7. The fourth-order valence-electron chi connectivity index (χ4n) is 2.45. The highest BCUT2D eigenvalue weighted by atomic mass is 32.1. The number of benzene rings is 1. The van der Waals surface area contributed by atoms with E-state index in [9.17, 15) is 10.1 Å². The number of ether oxygens (including phenoxy) is 2. The maximum absolute atomic E-state index is 11.5. The van der Waals surface area contributed by atoms with E-state index in [1.807, 2.05) is 36.7 Å². The Morgan fingerprint density at radius 3 is 2.86 bits per heavy atom. The van der Waals surface area contributed by atoms with Gasteiger partial charge in [-0.2, -0.15) is 5.10 Å². The van der Waals surface area contributed by atoms with Gasteiger partial charge in [0.25, 0.3) is 0 Å². The summed E-state index contributed by atoms with van der Waals surface area (Å²) in [6.07, 6.45) is 2.22. The highest BCUT2D eigenvalue weighted by Crippen LogP contribution is 2.38.